The van der Waals surface area contributed by atoms with Gasteiger partial charge in [-0.2, -0.15) is 8.78 Å². The molecule has 1 unspecified atom stereocenters. The predicted molar refractivity (Wildman–Crippen MR) is 117 cm³/mol. The lowest BCUT2D eigenvalue weighted by Gasteiger charge is -2.35. The van der Waals surface area contributed by atoms with Crippen LogP contribution in [0.3, 0.4) is 0 Å². The zero-order chi connectivity index (χ0) is 23.9. The Morgan fingerprint density at radius 3 is 1.93 bits per heavy atom. The van der Waals surface area contributed by atoms with Gasteiger partial charge in [0.25, 0.3) is 0 Å². The molecule has 0 aliphatic rings. The SMILES string of the molecule is CC(=N[S+]([O-])C(C)(C)C)c1cc(N(C(=O)O)C(C)(C)C)cc(C(F)(F)C(C)(C)O)c1. The van der Waals surface area contributed by atoms with E-state index in [0.29, 0.717) is 0 Å². The van der Waals surface area contributed by atoms with Gasteiger partial charge < -0.3 is 14.8 Å². The molecule has 1 aromatic carbocycles. The van der Waals surface area contributed by atoms with Crippen LogP contribution in [0.4, 0.5) is 19.3 Å². The number of benzene rings is 1. The van der Waals surface area contributed by atoms with Crippen molar-refractivity contribution < 1.29 is 28.3 Å². The topological polar surface area (TPSA) is 96.2 Å². The molecule has 0 saturated carbocycles. The van der Waals surface area contributed by atoms with Crippen LogP contribution in [0.2, 0.25) is 0 Å². The van der Waals surface area contributed by atoms with Crippen LogP contribution in [0.15, 0.2) is 22.6 Å². The Labute approximate surface area is 180 Å². The summed E-state index contributed by atoms with van der Waals surface area (Å²) in [6.07, 6.45) is -1.31. The molecule has 0 aliphatic heterocycles. The lowest BCUT2D eigenvalue weighted by Crippen LogP contribution is -2.45. The lowest BCUT2D eigenvalue weighted by atomic mass is 9.90. The minimum Gasteiger partial charge on any atom is -0.591 e. The van der Waals surface area contributed by atoms with Crippen LogP contribution in [0.1, 0.15) is 73.4 Å². The molecule has 6 nitrogen and oxygen atoms in total. The van der Waals surface area contributed by atoms with E-state index in [2.05, 4.69) is 4.40 Å². The Kier molecular flexibility index (Phi) is 7.40. The van der Waals surface area contributed by atoms with Crippen LogP contribution in [0.5, 0.6) is 0 Å². The molecule has 0 aliphatic carbocycles. The van der Waals surface area contributed by atoms with Crippen molar-refractivity contribution in [3.8, 4) is 0 Å². The van der Waals surface area contributed by atoms with E-state index in [9.17, 15) is 28.3 Å². The van der Waals surface area contributed by atoms with E-state index < -0.39 is 44.8 Å². The van der Waals surface area contributed by atoms with Gasteiger partial charge in [-0.3, -0.25) is 4.90 Å². The molecule has 170 valence electrons. The van der Waals surface area contributed by atoms with Crippen molar-refractivity contribution in [3.63, 3.8) is 0 Å². The summed E-state index contributed by atoms with van der Waals surface area (Å²) in [7, 11) is 0. The molecule has 0 heterocycles. The number of rotatable bonds is 5. The average molecular weight is 447 g/mol. The Balaban J connectivity index is 3.82. The molecular weight excluding hydrogens is 414 g/mol. The van der Waals surface area contributed by atoms with Crippen LogP contribution in [0, 0.1) is 0 Å². The van der Waals surface area contributed by atoms with Crippen LogP contribution in [-0.4, -0.2) is 42.5 Å². The molecule has 1 atom stereocenters. The highest BCUT2D eigenvalue weighted by molar-refractivity contribution is 7.91. The van der Waals surface area contributed by atoms with Gasteiger partial charge in [-0.25, -0.2) is 4.79 Å². The minimum atomic E-state index is -3.68. The summed E-state index contributed by atoms with van der Waals surface area (Å²) in [5, 5.41) is 19.7. The van der Waals surface area contributed by atoms with Gasteiger partial charge in [-0.1, -0.05) is 4.40 Å². The molecule has 1 aromatic rings. The summed E-state index contributed by atoms with van der Waals surface area (Å²) < 4.78 is 45.8. The van der Waals surface area contributed by atoms with Crippen molar-refractivity contribution in [2.75, 3.05) is 4.90 Å². The first-order valence-corrected chi connectivity index (χ1v) is 10.6. The first-order chi connectivity index (χ1) is 13.2. The summed E-state index contributed by atoms with van der Waals surface area (Å²) in [5.41, 5.74) is -3.46. The molecule has 2 N–H and O–H groups in total. The molecule has 9 heteroatoms. The quantitative estimate of drug-likeness (QED) is 0.486. The zero-order valence-electron chi connectivity index (χ0n) is 19.0. The maximum atomic E-state index is 15.0. The lowest BCUT2D eigenvalue weighted by molar-refractivity contribution is -0.168. The number of anilines is 1. The fourth-order valence-electron chi connectivity index (χ4n) is 2.58. The normalized spacial score (nSPS) is 15.2. The highest BCUT2D eigenvalue weighted by Crippen LogP contribution is 2.41. The van der Waals surface area contributed by atoms with Crippen LogP contribution >= 0.6 is 0 Å². The van der Waals surface area contributed by atoms with Gasteiger partial charge in [0.05, 0.1) is 5.71 Å². The van der Waals surface area contributed by atoms with Crippen molar-refractivity contribution in [2.45, 2.75) is 84.1 Å². The van der Waals surface area contributed by atoms with Crippen molar-refractivity contribution in [1.29, 1.82) is 0 Å². The van der Waals surface area contributed by atoms with Gasteiger partial charge in [0, 0.05) is 22.4 Å². The van der Waals surface area contributed by atoms with Gasteiger partial charge in [0.1, 0.15) is 21.7 Å². The molecule has 0 spiro atoms. The number of aliphatic hydroxyl groups is 1. The van der Waals surface area contributed by atoms with E-state index in [1.807, 2.05) is 0 Å². The van der Waals surface area contributed by atoms with E-state index in [1.165, 1.54) is 13.0 Å². The Bertz CT molecular complexity index is 822. The average Bonchev–Trinajstić information content (AvgIpc) is 2.50. The van der Waals surface area contributed by atoms with Gasteiger partial charge in [0.15, 0.2) is 0 Å². The van der Waals surface area contributed by atoms with Crippen molar-refractivity contribution in [1.82, 2.24) is 0 Å². The van der Waals surface area contributed by atoms with Gasteiger partial charge in [-0.15, -0.1) is 0 Å². The number of hydrogen-bond donors (Lipinski definition) is 2. The van der Waals surface area contributed by atoms with E-state index in [1.54, 1.807) is 41.5 Å². The van der Waals surface area contributed by atoms with Crippen LogP contribution < -0.4 is 4.90 Å². The smallest absolute Gasteiger partial charge is 0.412 e. The van der Waals surface area contributed by atoms with E-state index in [4.69, 9.17) is 0 Å². The van der Waals surface area contributed by atoms with Crippen LogP contribution in [-0.2, 0) is 17.3 Å². The highest BCUT2D eigenvalue weighted by Gasteiger charge is 2.47. The fraction of sp³-hybridized carbons (Fsp3) is 0.619. The number of halogens is 2. The van der Waals surface area contributed by atoms with Gasteiger partial charge in [-0.05, 0) is 80.5 Å². The maximum Gasteiger partial charge on any atom is 0.412 e. The van der Waals surface area contributed by atoms with Gasteiger partial charge in [0.2, 0.25) is 0 Å². The zero-order valence-corrected chi connectivity index (χ0v) is 19.8. The Morgan fingerprint density at radius 2 is 1.57 bits per heavy atom. The summed E-state index contributed by atoms with van der Waals surface area (Å²) >= 11 is -1.63. The fourth-order valence-corrected chi connectivity index (χ4v) is 3.21. The largest absolute Gasteiger partial charge is 0.591 e. The molecule has 30 heavy (non-hydrogen) atoms. The second kappa shape index (κ2) is 8.43. The number of hydrogen-bond acceptors (Lipinski definition) is 4. The molecule has 0 aromatic heterocycles. The Morgan fingerprint density at radius 1 is 1.07 bits per heavy atom. The first-order valence-electron chi connectivity index (χ1n) is 9.46. The van der Waals surface area contributed by atoms with Crippen LogP contribution in [0.25, 0.3) is 0 Å². The third-order valence-corrected chi connectivity index (χ3v) is 5.82. The minimum absolute atomic E-state index is 0.00233. The van der Waals surface area contributed by atoms with E-state index >= 15 is 0 Å². The molecule has 0 fully saturated rings. The summed E-state index contributed by atoms with van der Waals surface area (Å²) in [6, 6.07) is 3.61. The predicted octanol–water partition coefficient (Wildman–Crippen LogP) is 5.10. The highest BCUT2D eigenvalue weighted by atomic mass is 32.2. The molecule has 0 radical (unpaired) electrons. The number of nitrogens with zero attached hydrogens (tertiary/aromatic N) is 2. The number of carboxylic acid groups (broad SMARTS) is 1. The van der Waals surface area contributed by atoms with E-state index in [-0.39, 0.29) is 17.0 Å². The first kappa shape index (κ1) is 26.3. The third kappa shape index (κ3) is 5.92. The summed E-state index contributed by atoms with van der Waals surface area (Å²) in [5.74, 6) is -3.68. The third-order valence-electron chi connectivity index (χ3n) is 4.33. The molecule has 1 rings (SSSR count). The standard InChI is InChI=1S/C21H32F2N2O4S/c1-13(24-30(29)19(5,6)7)14-10-15(21(22,23)20(8,9)28)12-16(11-14)25(17(26)27)18(2,3)4/h10-12,28H,1-9H3,(H,26,27). The molecule has 0 saturated heterocycles. The second-order valence-corrected chi connectivity index (χ2v) is 11.6. The number of carbonyl (C=O) groups is 1. The van der Waals surface area contributed by atoms with Crippen molar-refractivity contribution in [2.24, 2.45) is 4.40 Å². The number of amides is 1. The molecular formula is C21H32F2N2O4S. The second-order valence-electron chi connectivity index (χ2n) is 9.73. The summed E-state index contributed by atoms with van der Waals surface area (Å²) in [4.78, 5) is 12.9. The molecule has 0 bridgehead atoms. The molecule has 1 amide bonds. The monoisotopic (exact) mass is 446 g/mol. The maximum absolute atomic E-state index is 15.0. The van der Waals surface area contributed by atoms with Crippen molar-refractivity contribution in [3.05, 3.63) is 29.3 Å². The number of alkyl halides is 2. The van der Waals surface area contributed by atoms with Gasteiger partial charge >= 0.3 is 12.0 Å². The summed E-state index contributed by atoms with van der Waals surface area (Å²) in [6.45, 7) is 13.6. The van der Waals surface area contributed by atoms with E-state index in [0.717, 1.165) is 30.9 Å². The Hall–Kier alpha value is -1.71. The van der Waals surface area contributed by atoms with Crippen molar-refractivity contribution >= 4 is 28.9 Å².